The lowest BCUT2D eigenvalue weighted by atomic mass is 9.98. The van der Waals surface area contributed by atoms with Crippen LogP contribution in [0.5, 0.6) is 0 Å². The zero-order valence-electron chi connectivity index (χ0n) is 6.24. The third-order valence-electron chi connectivity index (χ3n) is 1.73. The maximum Gasteiger partial charge on any atom is 0.697 e. The predicted octanol–water partition coefficient (Wildman–Crippen LogP) is 1.96. The molecular formula is C6H12O3P+. The van der Waals surface area contributed by atoms with Crippen molar-refractivity contribution in [2.75, 3.05) is 13.2 Å². The second-order valence-electron chi connectivity index (χ2n) is 2.82. The molecule has 0 bridgehead atoms. The Morgan fingerprint density at radius 3 is 2.30 bits per heavy atom. The van der Waals surface area contributed by atoms with Crippen LogP contribution < -0.4 is 0 Å². The second kappa shape index (κ2) is 3.42. The summed E-state index contributed by atoms with van der Waals surface area (Å²) in [5, 5.41) is 0. The van der Waals surface area contributed by atoms with Gasteiger partial charge >= 0.3 is 8.25 Å². The topological polar surface area (TPSA) is 35.5 Å². The Kier molecular flexibility index (Phi) is 2.78. The predicted molar refractivity (Wildman–Crippen MR) is 37.8 cm³/mol. The van der Waals surface area contributed by atoms with Gasteiger partial charge in [-0.25, -0.2) is 0 Å². The summed E-state index contributed by atoms with van der Waals surface area (Å²) in [6.07, 6.45) is 0. The van der Waals surface area contributed by atoms with Crippen LogP contribution in [0.1, 0.15) is 13.8 Å². The zero-order valence-corrected chi connectivity index (χ0v) is 7.14. The fourth-order valence-electron chi connectivity index (χ4n) is 0.783. The van der Waals surface area contributed by atoms with E-state index in [1.165, 1.54) is 0 Å². The Labute approximate surface area is 61.7 Å². The van der Waals surface area contributed by atoms with Crippen LogP contribution in [-0.2, 0) is 13.6 Å². The van der Waals surface area contributed by atoms with Gasteiger partial charge in [-0.3, -0.25) is 0 Å². The summed E-state index contributed by atoms with van der Waals surface area (Å²) in [5.74, 6) is 0.955. The lowest BCUT2D eigenvalue weighted by Crippen LogP contribution is -2.22. The van der Waals surface area contributed by atoms with Crippen molar-refractivity contribution >= 4 is 8.25 Å². The largest absolute Gasteiger partial charge is 0.697 e. The van der Waals surface area contributed by atoms with Crippen molar-refractivity contribution < 1.29 is 13.6 Å². The molecule has 0 amide bonds. The van der Waals surface area contributed by atoms with Crippen molar-refractivity contribution in [2.24, 2.45) is 11.8 Å². The average Bonchev–Trinajstić information content (AvgIpc) is 1.88. The standard InChI is InChI=1S/C6H12O3P/c1-5(2)6-3-8-10(7)9-4-6/h5-6H,3-4H2,1-2H3/q+1. The minimum Gasteiger partial charge on any atom is -0.119 e. The molecule has 4 heteroatoms. The zero-order chi connectivity index (χ0) is 7.56. The lowest BCUT2D eigenvalue weighted by molar-refractivity contribution is 0.0832. The van der Waals surface area contributed by atoms with Gasteiger partial charge in [0.15, 0.2) is 0 Å². The van der Waals surface area contributed by atoms with Crippen molar-refractivity contribution in [1.82, 2.24) is 0 Å². The van der Waals surface area contributed by atoms with Gasteiger partial charge in [-0.05, 0) is 5.92 Å². The summed E-state index contributed by atoms with van der Waals surface area (Å²) >= 11 is 0. The van der Waals surface area contributed by atoms with E-state index in [1.807, 2.05) is 0 Å². The van der Waals surface area contributed by atoms with Crippen molar-refractivity contribution in [3.05, 3.63) is 0 Å². The first-order chi connectivity index (χ1) is 4.70. The molecule has 3 nitrogen and oxygen atoms in total. The molecule has 0 saturated carbocycles. The third-order valence-corrected chi connectivity index (χ3v) is 2.45. The quantitative estimate of drug-likeness (QED) is 0.554. The molecule has 0 spiro atoms. The number of hydrogen-bond acceptors (Lipinski definition) is 3. The number of hydrogen-bond donors (Lipinski definition) is 0. The molecule has 0 aliphatic carbocycles. The van der Waals surface area contributed by atoms with E-state index in [2.05, 4.69) is 13.8 Å². The van der Waals surface area contributed by atoms with Crippen LogP contribution in [0.15, 0.2) is 0 Å². The van der Waals surface area contributed by atoms with Gasteiger partial charge in [0.2, 0.25) is 0 Å². The SMILES string of the molecule is CC(C)C1CO[P+](=O)OC1. The molecule has 0 radical (unpaired) electrons. The van der Waals surface area contributed by atoms with Crippen LogP contribution in [0, 0.1) is 11.8 Å². The summed E-state index contributed by atoms with van der Waals surface area (Å²) < 4.78 is 20.2. The van der Waals surface area contributed by atoms with E-state index in [0.717, 1.165) is 0 Å². The van der Waals surface area contributed by atoms with E-state index in [0.29, 0.717) is 25.0 Å². The van der Waals surface area contributed by atoms with E-state index in [1.54, 1.807) is 0 Å². The number of rotatable bonds is 1. The molecule has 1 aliphatic heterocycles. The highest BCUT2D eigenvalue weighted by atomic mass is 31.1. The Hall–Kier alpha value is 0.0200. The minimum absolute atomic E-state index is 0.410. The summed E-state index contributed by atoms with van der Waals surface area (Å²) in [6.45, 7) is 5.37. The van der Waals surface area contributed by atoms with Gasteiger partial charge in [0.1, 0.15) is 13.2 Å². The van der Waals surface area contributed by atoms with Gasteiger partial charge in [0, 0.05) is 10.5 Å². The van der Waals surface area contributed by atoms with Gasteiger partial charge in [-0.1, -0.05) is 13.8 Å². The smallest absolute Gasteiger partial charge is 0.119 e. The highest BCUT2D eigenvalue weighted by Gasteiger charge is 2.32. The van der Waals surface area contributed by atoms with Crippen LogP contribution in [0.3, 0.4) is 0 Å². The summed E-state index contributed by atoms with van der Waals surface area (Å²) in [4.78, 5) is 0. The molecule has 1 rings (SSSR count). The molecule has 1 saturated heterocycles. The Bertz CT molecular complexity index is 125. The molecule has 0 atom stereocenters. The Morgan fingerprint density at radius 1 is 1.40 bits per heavy atom. The van der Waals surface area contributed by atoms with Crippen LogP contribution in [0.2, 0.25) is 0 Å². The molecular weight excluding hydrogens is 151 g/mol. The van der Waals surface area contributed by atoms with Gasteiger partial charge in [0.05, 0.1) is 0 Å². The van der Waals surface area contributed by atoms with Crippen LogP contribution >= 0.6 is 8.25 Å². The maximum absolute atomic E-state index is 10.5. The molecule has 58 valence electrons. The Balaban J connectivity index is 2.33. The molecule has 1 aliphatic rings. The molecule has 0 aromatic carbocycles. The van der Waals surface area contributed by atoms with Gasteiger partial charge in [0.25, 0.3) is 0 Å². The van der Waals surface area contributed by atoms with Crippen molar-refractivity contribution in [3.8, 4) is 0 Å². The highest BCUT2D eigenvalue weighted by Crippen LogP contribution is 2.32. The van der Waals surface area contributed by atoms with Crippen LogP contribution in [0.4, 0.5) is 0 Å². The maximum atomic E-state index is 10.5. The summed E-state index contributed by atoms with van der Waals surface area (Å²) in [7, 11) is -1.79. The summed E-state index contributed by atoms with van der Waals surface area (Å²) in [6, 6.07) is 0. The minimum atomic E-state index is -1.79. The summed E-state index contributed by atoms with van der Waals surface area (Å²) in [5.41, 5.74) is 0. The second-order valence-corrected chi connectivity index (χ2v) is 3.78. The Morgan fingerprint density at radius 2 is 1.90 bits per heavy atom. The monoisotopic (exact) mass is 163 g/mol. The molecule has 0 unspecified atom stereocenters. The fourth-order valence-corrected chi connectivity index (χ4v) is 1.48. The van der Waals surface area contributed by atoms with Gasteiger partial charge < -0.3 is 0 Å². The van der Waals surface area contributed by atoms with E-state index in [-0.39, 0.29) is 0 Å². The van der Waals surface area contributed by atoms with Crippen molar-refractivity contribution in [1.29, 1.82) is 0 Å². The fraction of sp³-hybridized carbons (Fsp3) is 1.00. The van der Waals surface area contributed by atoms with Gasteiger partial charge in [-0.15, -0.1) is 9.05 Å². The first kappa shape index (κ1) is 8.12. The lowest BCUT2D eigenvalue weighted by Gasteiger charge is -2.16. The normalized spacial score (nSPS) is 31.1. The third kappa shape index (κ3) is 2.01. The van der Waals surface area contributed by atoms with Crippen LogP contribution in [0.25, 0.3) is 0 Å². The molecule has 1 fully saturated rings. The first-order valence-electron chi connectivity index (χ1n) is 3.43. The van der Waals surface area contributed by atoms with Crippen molar-refractivity contribution in [3.63, 3.8) is 0 Å². The van der Waals surface area contributed by atoms with Crippen LogP contribution in [-0.4, -0.2) is 13.2 Å². The molecule has 0 aromatic heterocycles. The highest BCUT2D eigenvalue weighted by molar-refractivity contribution is 7.33. The van der Waals surface area contributed by atoms with Crippen molar-refractivity contribution in [2.45, 2.75) is 13.8 Å². The van der Waals surface area contributed by atoms with E-state index in [9.17, 15) is 4.57 Å². The van der Waals surface area contributed by atoms with E-state index < -0.39 is 8.25 Å². The first-order valence-corrected chi connectivity index (χ1v) is 4.53. The molecule has 10 heavy (non-hydrogen) atoms. The molecule has 1 heterocycles. The molecule has 0 N–H and O–H groups in total. The van der Waals surface area contributed by atoms with E-state index >= 15 is 0 Å². The van der Waals surface area contributed by atoms with E-state index in [4.69, 9.17) is 9.05 Å². The van der Waals surface area contributed by atoms with Gasteiger partial charge in [-0.2, -0.15) is 0 Å². The average molecular weight is 163 g/mol. The molecule has 0 aromatic rings.